The highest BCUT2D eigenvalue weighted by molar-refractivity contribution is 7.18. The van der Waals surface area contributed by atoms with Crippen molar-refractivity contribution in [3.63, 3.8) is 0 Å². The van der Waals surface area contributed by atoms with E-state index in [1.165, 1.54) is 17.6 Å². The van der Waals surface area contributed by atoms with E-state index >= 15 is 0 Å². The van der Waals surface area contributed by atoms with Crippen molar-refractivity contribution in [2.75, 3.05) is 19.0 Å². The molecule has 0 saturated carbocycles. The highest BCUT2D eigenvalue weighted by atomic mass is 32.1. The highest BCUT2D eigenvalue weighted by Gasteiger charge is 2.31. The van der Waals surface area contributed by atoms with Crippen molar-refractivity contribution >= 4 is 28.2 Å². The van der Waals surface area contributed by atoms with Crippen LogP contribution in [0.4, 0.5) is 5.00 Å². The number of amides is 2. The van der Waals surface area contributed by atoms with E-state index in [1.807, 2.05) is 29.2 Å². The number of ether oxygens (including phenoxy) is 1. The molecule has 1 unspecified atom stereocenters. The Labute approximate surface area is 166 Å². The number of thiophene rings is 1. The van der Waals surface area contributed by atoms with Crippen LogP contribution >= 0.6 is 11.3 Å². The monoisotopic (exact) mass is 396 g/mol. The lowest BCUT2D eigenvalue weighted by molar-refractivity contribution is 0.0740. The van der Waals surface area contributed by atoms with Gasteiger partial charge >= 0.3 is 0 Å². The average Bonchev–Trinajstić information content (AvgIpc) is 3.48. The zero-order valence-electron chi connectivity index (χ0n) is 15.4. The molecule has 1 fully saturated rings. The van der Waals surface area contributed by atoms with Gasteiger partial charge < -0.3 is 19.4 Å². The van der Waals surface area contributed by atoms with Gasteiger partial charge in [0.05, 0.1) is 29.3 Å². The molecule has 2 amide bonds. The molecule has 2 aromatic heterocycles. The number of furan rings is 1. The third-order valence-corrected chi connectivity index (χ3v) is 5.78. The first-order valence-corrected chi connectivity index (χ1v) is 9.87. The number of carbonyl (C=O) groups excluding carboxylic acids is 2. The van der Waals surface area contributed by atoms with Crippen LogP contribution in [0.25, 0.3) is 0 Å². The van der Waals surface area contributed by atoms with E-state index in [4.69, 9.17) is 9.15 Å². The summed E-state index contributed by atoms with van der Waals surface area (Å²) >= 11 is 1.27. The minimum atomic E-state index is -0.332. The molecule has 0 spiro atoms. The summed E-state index contributed by atoms with van der Waals surface area (Å²) in [6.45, 7) is 0.715. The largest absolute Gasteiger partial charge is 0.497 e. The number of hydrogen-bond donors (Lipinski definition) is 1. The second-order valence-electron chi connectivity index (χ2n) is 6.53. The topological polar surface area (TPSA) is 71.8 Å². The molecule has 1 aromatic carbocycles. The van der Waals surface area contributed by atoms with Gasteiger partial charge in [0.15, 0.2) is 5.76 Å². The molecule has 0 radical (unpaired) electrons. The van der Waals surface area contributed by atoms with Crippen molar-refractivity contribution in [2.45, 2.75) is 18.9 Å². The van der Waals surface area contributed by atoms with Gasteiger partial charge in [-0.1, -0.05) is 12.1 Å². The van der Waals surface area contributed by atoms with Crippen LogP contribution in [0.15, 0.2) is 59.2 Å². The lowest BCUT2D eigenvalue weighted by Gasteiger charge is -2.25. The molecule has 3 aromatic rings. The first kappa shape index (κ1) is 18.3. The van der Waals surface area contributed by atoms with Gasteiger partial charge in [-0.05, 0) is 54.8 Å². The van der Waals surface area contributed by atoms with Crippen molar-refractivity contribution in [3.05, 3.63) is 71.0 Å². The van der Waals surface area contributed by atoms with Gasteiger partial charge in [0.1, 0.15) is 5.75 Å². The minimum absolute atomic E-state index is 0.0196. The summed E-state index contributed by atoms with van der Waals surface area (Å²) < 4.78 is 10.4. The SMILES string of the molecule is COc1cccc(C2CCCN2C(=O)c2ccc(NC(=O)c3ccco3)s2)c1. The van der Waals surface area contributed by atoms with E-state index in [0.717, 1.165) is 24.2 Å². The van der Waals surface area contributed by atoms with E-state index in [1.54, 1.807) is 31.4 Å². The van der Waals surface area contributed by atoms with Crippen LogP contribution < -0.4 is 10.1 Å². The Morgan fingerprint density at radius 1 is 1.21 bits per heavy atom. The normalized spacial score (nSPS) is 16.2. The number of likely N-dealkylation sites (tertiary alicyclic amines) is 1. The standard InChI is InChI=1S/C21H20N2O4S/c1-26-15-6-2-5-14(13-15)16-7-3-11-23(16)21(25)18-9-10-19(28-18)22-20(24)17-8-4-12-27-17/h2,4-6,8-10,12-13,16H,3,7,11H2,1H3,(H,22,24). The van der Waals surface area contributed by atoms with E-state index in [0.29, 0.717) is 16.4 Å². The van der Waals surface area contributed by atoms with Crippen molar-refractivity contribution in [2.24, 2.45) is 0 Å². The van der Waals surface area contributed by atoms with Gasteiger partial charge in [-0.25, -0.2) is 0 Å². The van der Waals surface area contributed by atoms with Crippen LogP contribution in [-0.4, -0.2) is 30.4 Å². The summed E-state index contributed by atoms with van der Waals surface area (Å²) in [5.74, 6) is 0.671. The number of anilines is 1. The maximum atomic E-state index is 13.1. The predicted molar refractivity (Wildman–Crippen MR) is 107 cm³/mol. The lowest BCUT2D eigenvalue weighted by atomic mass is 10.0. The first-order valence-electron chi connectivity index (χ1n) is 9.05. The van der Waals surface area contributed by atoms with Gasteiger partial charge in [-0.2, -0.15) is 0 Å². The molecular weight excluding hydrogens is 376 g/mol. The van der Waals surface area contributed by atoms with Gasteiger partial charge in [0, 0.05) is 6.54 Å². The molecule has 1 N–H and O–H groups in total. The van der Waals surface area contributed by atoms with Gasteiger partial charge in [-0.3, -0.25) is 9.59 Å². The smallest absolute Gasteiger partial charge is 0.291 e. The van der Waals surface area contributed by atoms with E-state index < -0.39 is 0 Å². The van der Waals surface area contributed by atoms with Gasteiger partial charge in [0.25, 0.3) is 11.8 Å². The van der Waals surface area contributed by atoms with Crippen molar-refractivity contribution < 1.29 is 18.7 Å². The molecule has 1 atom stereocenters. The second kappa shape index (κ2) is 7.90. The van der Waals surface area contributed by atoms with Crippen LogP contribution in [0.1, 0.15) is 44.7 Å². The first-order chi connectivity index (χ1) is 13.7. The zero-order valence-corrected chi connectivity index (χ0v) is 16.2. The fourth-order valence-corrected chi connectivity index (χ4v) is 4.31. The Balaban J connectivity index is 1.49. The molecule has 1 saturated heterocycles. The average molecular weight is 396 g/mol. The second-order valence-corrected chi connectivity index (χ2v) is 7.61. The Morgan fingerprint density at radius 3 is 2.89 bits per heavy atom. The molecule has 0 aliphatic carbocycles. The van der Waals surface area contributed by atoms with E-state index in [2.05, 4.69) is 5.32 Å². The molecule has 6 nitrogen and oxygen atoms in total. The fourth-order valence-electron chi connectivity index (χ4n) is 3.45. The van der Waals surface area contributed by atoms with Gasteiger partial charge in [-0.15, -0.1) is 11.3 Å². The Hall–Kier alpha value is -3.06. The molecule has 4 rings (SSSR count). The summed E-state index contributed by atoms with van der Waals surface area (Å²) in [5, 5.41) is 3.38. The lowest BCUT2D eigenvalue weighted by Crippen LogP contribution is -2.29. The molecule has 1 aliphatic rings. The Kier molecular flexibility index (Phi) is 5.16. The number of hydrogen-bond acceptors (Lipinski definition) is 5. The predicted octanol–water partition coefficient (Wildman–Crippen LogP) is 4.58. The molecule has 0 bridgehead atoms. The van der Waals surface area contributed by atoms with Crippen molar-refractivity contribution in [1.29, 1.82) is 0 Å². The van der Waals surface area contributed by atoms with E-state index in [-0.39, 0.29) is 23.6 Å². The Morgan fingerprint density at radius 2 is 2.11 bits per heavy atom. The molecule has 3 heterocycles. The van der Waals surface area contributed by atoms with Crippen molar-refractivity contribution in [3.8, 4) is 5.75 Å². The maximum Gasteiger partial charge on any atom is 0.291 e. The highest BCUT2D eigenvalue weighted by Crippen LogP contribution is 2.36. The number of benzene rings is 1. The molecule has 28 heavy (non-hydrogen) atoms. The van der Waals surface area contributed by atoms with Crippen LogP contribution in [0, 0.1) is 0 Å². The number of rotatable bonds is 5. The van der Waals surface area contributed by atoms with Crippen molar-refractivity contribution in [1.82, 2.24) is 4.90 Å². The van der Waals surface area contributed by atoms with Gasteiger partial charge in [0.2, 0.25) is 0 Å². The molecule has 1 aliphatic heterocycles. The number of nitrogens with one attached hydrogen (secondary N) is 1. The summed E-state index contributed by atoms with van der Waals surface area (Å²) in [7, 11) is 1.64. The van der Waals surface area contributed by atoms with Crippen LogP contribution in [0.3, 0.4) is 0 Å². The van der Waals surface area contributed by atoms with Crippen LogP contribution in [0.2, 0.25) is 0 Å². The zero-order chi connectivity index (χ0) is 19.5. The summed E-state index contributed by atoms with van der Waals surface area (Å²) in [6, 6.07) is 14.7. The summed E-state index contributed by atoms with van der Waals surface area (Å²) in [4.78, 5) is 27.7. The maximum absolute atomic E-state index is 13.1. The minimum Gasteiger partial charge on any atom is -0.497 e. The summed E-state index contributed by atoms with van der Waals surface area (Å²) in [5.41, 5.74) is 1.08. The van der Waals surface area contributed by atoms with Crippen LogP contribution in [-0.2, 0) is 0 Å². The third-order valence-electron chi connectivity index (χ3n) is 4.79. The number of nitrogens with zero attached hydrogens (tertiary/aromatic N) is 1. The van der Waals surface area contributed by atoms with E-state index in [9.17, 15) is 9.59 Å². The fraction of sp³-hybridized carbons (Fsp3) is 0.238. The summed E-state index contributed by atoms with van der Waals surface area (Å²) in [6.07, 6.45) is 3.33. The quantitative estimate of drug-likeness (QED) is 0.685. The molecule has 144 valence electrons. The Bertz CT molecular complexity index is 980. The number of methoxy groups -OCH3 is 1. The van der Waals surface area contributed by atoms with Crippen LogP contribution in [0.5, 0.6) is 5.75 Å². The third kappa shape index (κ3) is 3.66. The number of carbonyl (C=O) groups is 2. The molecule has 7 heteroatoms. The molecular formula is C21H20N2O4S.